The zero-order valence-corrected chi connectivity index (χ0v) is 11.7. The molecule has 1 amide bonds. The maximum atomic E-state index is 11.9. The van der Waals surface area contributed by atoms with Crippen LogP contribution in [0.25, 0.3) is 0 Å². The van der Waals surface area contributed by atoms with Crippen molar-refractivity contribution in [1.29, 1.82) is 0 Å². The van der Waals surface area contributed by atoms with Gasteiger partial charge in [-0.05, 0) is 18.2 Å². The molecule has 0 radical (unpaired) electrons. The number of carbonyl (C=O) groups is 2. The van der Waals surface area contributed by atoms with E-state index in [4.69, 9.17) is 5.11 Å². The quantitative estimate of drug-likeness (QED) is 0.827. The molecule has 0 saturated heterocycles. The standard InChI is InChI=1S/C14H17NO3S/c1-3-11-7-10-6-9(4-5-12(10)19-11)13(16)15-8(2)14(17)18/h4-8,10,12H,3H2,1-2H3,(H,15,16)(H,17,18). The Morgan fingerprint density at radius 1 is 1.47 bits per heavy atom. The van der Waals surface area contributed by atoms with Gasteiger partial charge in [-0.15, -0.1) is 11.8 Å². The second kappa shape index (κ2) is 5.65. The number of hydrogen-bond acceptors (Lipinski definition) is 3. The van der Waals surface area contributed by atoms with E-state index < -0.39 is 12.0 Å². The van der Waals surface area contributed by atoms with Gasteiger partial charge < -0.3 is 10.4 Å². The van der Waals surface area contributed by atoms with Gasteiger partial charge in [0.05, 0.1) is 0 Å². The Bertz CT molecular complexity index is 493. The van der Waals surface area contributed by atoms with Gasteiger partial charge in [-0.1, -0.05) is 31.2 Å². The number of nitrogens with one attached hydrogen (secondary N) is 1. The monoisotopic (exact) mass is 279 g/mol. The maximum absolute atomic E-state index is 11.9. The molecule has 1 heterocycles. The van der Waals surface area contributed by atoms with Crippen LogP contribution in [0.3, 0.4) is 0 Å². The highest BCUT2D eigenvalue weighted by Crippen LogP contribution is 2.41. The van der Waals surface area contributed by atoms with Gasteiger partial charge in [0.15, 0.2) is 0 Å². The van der Waals surface area contributed by atoms with Crippen molar-refractivity contribution in [2.45, 2.75) is 31.6 Å². The third kappa shape index (κ3) is 3.10. The molecule has 4 nitrogen and oxygen atoms in total. The van der Waals surface area contributed by atoms with Crippen molar-refractivity contribution in [1.82, 2.24) is 5.32 Å². The van der Waals surface area contributed by atoms with Gasteiger partial charge in [0, 0.05) is 16.7 Å². The van der Waals surface area contributed by atoms with E-state index in [9.17, 15) is 9.59 Å². The van der Waals surface area contributed by atoms with Crippen molar-refractivity contribution >= 4 is 23.6 Å². The SMILES string of the molecule is CCC1=CC2C=C(C(=O)NC(C)C(=O)O)C=CC2S1. The third-order valence-corrected chi connectivity index (χ3v) is 4.68. The summed E-state index contributed by atoms with van der Waals surface area (Å²) in [7, 11) is 0. The largest absolute Gasteiger partial charge is 0.480 e. The smallest absolute Gasteiger partial charge is 0.325 e. The molecule has 102 valence electrons. The molecule has 1 aliphatic carbocycles. The molecule has 0 fully saturated rings. The number of carbonyl (C=O) groups excluding carboxylic acids is 1. The number of carboxylic acids is 1. The van der Waals surface area contributed by atoms with Gasteiger partial charge in [0.2, 0.25) is 0 Å². The molecule has 3 unspecified atom stereocenters. The Hall–Kier alpha value is -1.49. The van der Waals surface area contributed by atoms with Gasteiger partial charge in [-0.25, -0.2) is 0 Å². The summed E-state index contributed by atoms with van der Waals surface area (Å²) in [5.41, 5.74) is 0.545. The van der Waals surface area contributed by atoms with Crippen LogP contribution in [0.5, 0.6) is 0 Å². The van der Waals surface area contributed by atoms with Crippen molar-refractivity contribution in [3.8, 4) is 0 Å². The number of carboxylic acid groups (broad SMARTS) is 1. The van der Waals surface area contributed by atoms with Crippen LogP contribution < -0.4 is 5.32 Å². The van der Waals surface area contributed by atoms with Crippen molar-refractivity contribution in [2.24, 2.45) is 5.92 Å². The molecule has 0 bridgehead atoms. The second-order valence-electron chi connectivity index (χ2n) is 4.66. The van der Waals surface area contributed by atoms with Gasteiger partial charge in [0.1, 0.15) is 6.04 Å². The average Bonchev–Trinajstić information content (AvgIpc) is 2.80. The van der Waals surface area contributed by atoms with E-state index in [0.717, 1.165) is 6.42 Å². The van der Waals surface area contributed by atoms with Crippen molar-refractivity contribution in [2.75, 3.05) is 0 Å². The molecule has 0 aromatic heterocycles. The highest BCUT2D eigenvalue weighted by atomic mass is 32.2. The molecular formula is C14H17NO3S. The molecule has 0 aromatic rings. The first-order chi connectivity index (χ1) is 9.01. The zero-order valence-electron chi connectivity index (χ0n) is 10.9. The lowest BCUT2D eigenvalue weighted by atomic mass is 9.95. The summed E-state index contributed by atoms with van der Waals surface area (Å²) in [6, 6.07) is -0.876. The topological polar surface area (TPSA) is 66.4 Å². The molecule has 3 atom stereocenters. The number of amides is 1. The predicted molar refractivity (Wildman–Crippen MR) is 75.7 cm³/mol. The summed E-state index contributed by atoms with van der Waals surface area (Å²) in [6.07, 6.45) is 8.92. The van der Waals surface area contributed by atoms with Crippen molar-refractivity contribution < 1.29 is 14.7 Å². The summed E-state index contributed by atoms with van der Waals surface area (Å²) < 4.78 is 0. The Labute approximate surface area is 116 Å². The predicted octanol–water partition coefficient (Wildman–Crippen LogP) is 2.10. The molecule has 0 aromatic carbocycles. The van der Waals surface area contributed by atoms with E-state index in [-0.39, 0.29) is 11.8 Å². The number of hydrogen-bond donors (Lipinski definition) is 2. The van der Waals surface area contributed by atoms with Crippen LogP contribution in [0.1, 0.15) is 20.3 Å². The summed E-state index contributed by atoms with van der Waals surface area (Å²) in [5, 5.41) is 11.6. The van der Waals surface area contributed by atoms with Crippen molar-refractivity contribution in [3.63, 3.8) is 0 Å². The number of allylic oxidation sites excluding steroid dienone is 3. The van der Waals surface area contributed by atoms with E-state index in [1.54, 1.807) is 6.08 Å². The molecule has 5 heteroatoms. The number of rotatable bonds is 4. The minimum absolute atomic E-state index is 0.242. The number of aliphatic carboxylic acids is 1. The summed E-state index contributed by atoms with van der Waals surface area (Å²) >= 11 is 1.83. The molecule has 19 heavy (non-hydrogen) atoms. The summed E-state index contributed by atoms with van der Waals surface area (Å²) in [4.78, 5) is 24.0. The lowest BCUT2D eigenvalue weighted by Crippen LogP contribution is -2.39. The molecule has 2 N–H and O–H groups in total. The van der Waals surface area contributed by atoms with E-state index in [0.29, 0.717) is 10.8 Å². The molecule has 1 aliphatic heterocycles. The molecular weight excluding hydrogens is 262 g/mol. The Morgan fingerprint density at radius 2 is 2.21 bits per heavy atom. The van der Waals surface area contributed by atoms with Crippen LogP contribution >= 0.6 is 11.8 Å². The fraction of sp³-hybridized carbons (Fsp3) is 0.429. The first kappa shape index (κ1) is 13.9. The van der Waals surface area contributed by atoms with Crippen molar-refractivity contribution in [3.05, 3.63) is 34.8 Å². The van der Waals surface area contributed by atoms with Crippen LogP contribution in [0.4, 0.5) is 0 Å². The second-order valence-corrected chi connectivity index (χ2v) is 5.97. The van der Waals surface area contributed by atoms with Gasteiger partial charge >= 0.3 is 5.97 Å². The first-order valence-electron chi connectivity index (χ1n) is 6.32. The number of thioether (sulfide) groups is 1. The van der Waals surface area contributed by atoms with Crippen LogP contribution in [0.2, 0.25) is 0 Å². The fourth-order valence-corrected chi connectivity index (χ4v) is 3.29. The fourth-order valence-electron chi connectivity index (χ4n) is 2.07. The van der Waals surface area contributed by atoms with Gasteiger partial charge in [-0.3, -0.25) is 9.59 Å². The Balaban J connectivity index is 2.06. The van der Waals surface area contributed by atoms with Gasteiger partial charge in [0.25, 0.3) is 5.91 Å². The molecule has 0 spiro atoms. The molecule has 2 aliphatic rings. The Kier molecular flexibility index (Phi) is 4.14. The highest BCUT2D eigenvalue weighted by Gasteiger charge is 2.28. The van der Waals surface area contributed by atoms with Crippen LogP contribution in [-0.4, -0.2) is 28.3 Å². The van der Waals surface area contributed by atoms with Crippen LogP contribution in [0.15, 0.2) is 34.8 Å². The van der Waals surface area contributed by atoms with Gasteiger partial charge in [-0.2, -0.15) is 0 Å². The summed E-state index contributed by atoms with van der Waals surface area (Å²) in [5.74, 6) is -1.12. The van der Waals surface area contributed by atoms with E-state index >= 15 is 0 Å². The zero-order chi connectivity index (χ0) is 14.0. The first-order valence-corrected chi connectivity index (χ1v) is 7.20. The summed E-state index contributed by atoms with van der Waals surface area (Å²) in [6.45, 7) is 3.57. The molecule has 2 rings (SSSR count). The highest BCUT2D eigenvalue weighted by molar-refractivity contribution is 8.04. The van der Waals surface area contributed by atoms with Crippen LogP contribution in [0, 0.1) is 5.92 Å². The lowest BCUT2D eigenvalue weighted by Gasteiger charge is -2.18. The number of fused-ring (bicyclic) bond motifs is 1. The average molecular weight is 279 g/mol. The lowest BCUT2D eigenvalue weighted by molar-refractivity contribution is -0.140. The third-order valence-electron chi connectivity index (χ3n) is 3.21. The van der Waals surface area contributed by atoms with E-state index in [1.165, 1.54) is 11.8 Å². The van der Waals surface area contributed by atoms with E-state index in [2.05, 4.69) is 18.3 Å². The van der Waals surface area contributed by atoms with Crippen LogP contribution in [-0.2, 0) is 9.59 Å². The molecule has 0 saturated carbocycles. The van der Waals surface area contributed by atoms with E-state index in [1.807, 2.05) is 23.9 Å². The minimum Gasteiger partial charge on any atom is -0.480 e. The maximum Gasteiger partial charge on any atom is 0.325 e. The normalized spacial score (nSPS) is 26.2. The Morgan fingerprint density at radius 3 is 2.84 bits per heavy atom. The minimum atomic E-state index is -1.03.